The second-order valence-electron chi connectivity index (χ2n) is 36.8. The molecule has 0 aliphatic carbocycles. The maximum absolute atomic E-state index is 13.5. The van der Waals surface area contributed by atoms with Gasteiger partial charge in [0.05, 0.1) is 58.4 Å². The normalized spacial score (nSPS) is 12.6. The van der Waals surface area contributed by atoms with Gasteiger partial charge in [0.25, 0.3) is 0 Å². The van der Waals surface area contributed by atoms with E-state index in [2.05, 4.69) is 39.5 Å². The van der Waals surface area contributed by atoms with Gasteiger partial charge in [0.2, 0.25) is 0 Å². The van der Waals surface area contributed by atoms with E-state index in [0.717, 1.165) is 93.0 Å². The third-order valence-corrected chi connectivity index (χ3v) is 30.3. The number of rotatable bonds is 104. The van der Waals surface area contributed by atoms with Crippen molar-refractivity contribution in [2.45, 2.75) is 468 Å². The first-order chi connectivity index (χ1) is 65.7. The average molecular weight is 2010 g/mol. The Balaban J connectivity index is 6.47. The molecule has 0 heterocycles. The van der Waals surface area contributed by atoms with Crippen LogP contribution in [-0.4, -0.2) is 254 Å². The Bertz CT molecular complexity index is 2670. The highest BCUT2D eigenvalue weighted by Crippen LogP contribution is 2.24. The minimum absolute atomic E-state index is 0.00246. The van der Waals surface area contributed by atoms with Crippen LogP contribution in [0.2, 0.25) is 0 Å². The van der Waals surface area contributed by atoms with Gasteiger partial charge in [-0.2, -0.15) is 0 Å². The molecule has 0 aromatic heterocycles. The van der Waals surface area contributed by atoms with Gasteiger partial charge in [-0.1, -0.05) is 324 Å². The third-order valence-electron chi connectivity index (χ3n) is 24.3. The summed E-state index contributed by atoms with van der Waals surface area (Å²) in [6.45, 7) is 22.7. The molecule has 0 fully saturated rings. The molecule has 23 nitrogen and oxygen atoms in total. The fraction of sp³-hybridized carbons (Fsp3) is 0.907. The van der Waals surface area contributed by atoms with Gasteiger partial charge in [-0.3, -0.25) is 47.9 Å². The number of carbonyl (C=O) groups is 10. The molecule has 0 aromatic carbocycles. The first-order valence-corrected chi connectivity index (χ1v) is 59.8. The van der Waals surface area contributed by atoms with Gasteiger partial charge >= 0.3 is 59.7 Å². The molecular formula is C107H199N3O20S5. The monoisotopic (exact) mass is 2010 g/mol. The van der Waals surface area contributed by atoms with Gasteiger partial charge in [0, 0.05) is 32.7 Å². The van der Waals surface area contributed by atoms with Crippen molar-refractivity contribution < 1.29 is 95.3 Å². The third kappa shape index (κ3) is 90.1. The number of hydrogen-bond acceptors (Lipinski definition) is 28. The Morgan fingerprint density at radius 3 is 0.467 bits per heavy atom. The molecule has 0 rings (SSSR count). The summed E-state index contributed by atoms with van der Waals surface area (Å²) in [4.78, 5) is 138. The summed E-state index contributed by atoms with van der Waals surface area (Å²) in [6.07, 6.45) is 63.8. The predicted octanol–water partition coefficient (Wildman–Crippen LogP) is 25.7. The largest absolute Gasteiger partial charge is 0.462 e. The van der Waals surface area contributed by atoms with Crippen LogP contribution in [0.25, 0.3) is 0 Å². The van der Waals surface area contributed by atoms with Gasteiger partial charge in [-0.05, 0) is 141 Å². The maximum Gasteiger partial charge on any atom is 0.318 e. The van der Waals surface area contributed by atoms with E-state index in [4.69, 9.17) is 47.4 Å². The zero-order chi connectivity index (χ0) is 99.0. The van der Waals surface area contributed by atoms with Gasteiger partial charge in [0.15, 0.2) is 0 Å². The second-order valence-corrected chi connectivity index (χ2v) is 44.0. The molecule has 0 aliphatic rings. The highest BCUT2D eigenvalue weighted by molar-refractivity contribution is 8.01. The van der Waals surface area contributed by atoms with Gasteiger partial charge in [0.1, 0.15) is 66.1 Å². The quantitative estimate of drug-likeness (QED) is 0.0311. The summed E-state index contributed by atoms with van der Waals surface area (Å²) in [5, 5.41) is -1.75. The fourth-order valence-electron chi connectivity index (χ4n) is 15.5. The molecule has 0 bridgehead atoms. The number of esters is 10. The van der Waals surface area contributed by atoms with Crippen LogP contribution in [0.1, 0.15) is 442 Å². The van der Waals surface area contributed by atoms with E-state index >= 15 is 0 Å². The molecular weight excluding hydrogens is 1810 g/mol. The lowest BCUT2D eigenvalue weighted by Gasteiger charge is -2.26. The summed E-state index contributed by atoms with van der Waals surface area (Å²) in [7, 11) is 0. The first-order valence-electron chi connectivity index (χ1n) is 54.6. The number of carbonyl (C=O) groups excluding carboxylic acids is 10. The molecule has 0 saturated carbocycles. The Labute approximate surface area is 844 Å². The number of ether oxygens (including phenoxy) is 10. The van der Waals surface area contributed by atoms with E-state index in [9.17, 15) is 47.9 Å². The second kappa shape index (κ2) is 100. The van der Waals surface area contributed by atoms with Crippen LogP contribution in [0.15, 0.2) is 0 Å². The molecule has 135 heavy (non-hydrogen) atoms. The summed E-state index contributed by atoms with van der Waals surface area (Å²) >= 11 is 7.89. The maximum atomic E-state index is 13.5. The van der Waals surface area contributed by atoms with Crippen LogP contribution in [0, 0.1) is 0 Å². The summed E-state index contributed by atoms with van der Waals surface area (Å²) < 4.78 is 55.6. The van der Waals surface area contributed by atoms with Crippen LogP contribution in [-0.2, 0) is 95.3 Å². The molecule has 792 valence electrons. The van der Waals surface area contributed by atoms with E-state index in [0.29, 0.717) is 52.0 Å². The molecule has 0 N–H and O–H groups in total. The van der Waals surface area contributed by atoms with E-state index < -0.39 is 29.8 Å². The van der Waals surface area contributed by atoms with Crippen LogP contribution < -0.4 is 0 Å². The Morgan fingerprint density at radius 2 is 0.304 bits per heavy atom. The summed E-state index contributed by atoms with van der Waals surface area (Å²) in [6, 6.07) is 0. The molecule has 5 atom stereocenters. The lowest BCUT2D eigenvalue weighted by atomic mass is 10.1. The molecule has 0 radical (unpaired) electrons. The number of unbranched alkanes of at least 4 members (excludes halogenated alkanes) is 46. The van der Waals surface area contributed by atoms with Crippen LogP contribution >= 0.6 is 58.8 Å². The van der Waals surface area contributed by atoms with Crippen molar-refractivity contribution in [3.63, 3.8) is 0 Å². The SMILES string of the molecule is CCCCCCCCCCCCSC(C)C(=O)OCCOC(=O)CCN(CCCCN(CCC(=O)OCCOC(=O)C(C)SCCCCCCCCCCCC)CCC(=O)OCCOC(=O)C(C)SCCCCCCCCCCCC)CCCN(CCC(=O)OCCOC(=O)C(C)SCCCCCCCCCCCC)CCC(=O)OCCOC(=O)C(C)SCCCCCCCCCCCC. The molecule has 5 unspecified atom stereocenters. The van der Waals surface area contributed by atoms with Crippen molar-refractivity contribution in [3.05, 3.63) is 0 Å². The van der Waals surface area contributed by atoms with Crippen LogP contribution in [0.4, 0.5) is 0 Å². The summed E-state index contributed by atoms with van der Waals surface area (Å²) in [5.74, 6) is 0.180. The summed E-state index contributed by atoms with van der Waals surface area (Å²) in [5.41, 5.74) is 0. The standard InChI is InChI=1S/C107H199N3O20S5/c1-11-16-21-26-31-36-41-46-51-58-88-131-93(6)103(116)126-83-78-121-98(111)64-73-108(71-63-72-110(76-67-101(114)124-81-86-129-106(119)96(9)134-91-61-54-49-44-39-34-29-24-19-14-4)77-68-102(115)125-82-87-130-107(120)97(10)135-92-62-55-50-45-40-35-30-25-20-15-5)69-56-57-70-109(74-65-99(112)122-79-84-127-104(117)94(7)132-89-59-52-47-42-37-32-27-22-17-12-2)75-66-100(113)123-80-85-128-105(118)95(8)133-90-60-53-48-43-38-33-28-23-18-13-3/h93-97H,11-92H2,1-10H3. The fourth-order valence-corrected chi connectivity index (χ4v) is 20.1. The van der Waals surface area contributed by atoms with E-state index in [1.165, 1.54) is 257 Å². The van der Waals surface area contributed by atoms with Crippen molar-refractivity contribution in [3.8, 4) is 0 Å². The smallest absolute Gasteiger partial charge is 0.318 e. The van der Waals surface area contributed by atoms with Crippen molar-refractivity contribution in [1.82, 2.24) is 14.7 Å². The van der Waals surface area contributed by atoms with Crippen LogP contribution in [0.5, 0.6) is 0 Å². The van der Waals surface area contributed by atoms with Gasteiger partial charge < -0.3 is 62.1 Å². The topological polar surface area (TPSA) is 273 Å². The van der Waals surface area contributed by atoms with Crippen molar-refractivity contribution >= 4 is 119 Å². The van der Waals surface area contributed by atoms with Gasteiger partial charge in [-0.25, -0.2) is 0 Å². The Morgan fingerprint density at radius 1 is 0.170 bits per heavy atom. The van der Waals surface area contributed by atoms with E-state index in [1.807, 2.05) is 44.4 Å². The lowest BCUT2D eigenvalue weighted by Crippen LogP contribution is -2.35. The van der Waals surface area contributed by atoms with E-state index in [-0.39, 0.29) is 180 Å². The van der Waals surface area contributed by atoms with E-state index in [1.54, 1.807) is 58.8 Å². The molecule has 0 amide bonds. The minimum Gasteiger partial charge on any atom is -0.462 e. The average Bonchev–Trinajstić information content (AvgIpc) is 0.938. The predicted molar refractivity (Wildman–Crippen MR) is 565 cm³/mol. The van der Waals surface area contributed by atoms with Crippen molar-refractivity contribution in [1.29, 1.82) is 0 Å². The highest BCUT2D eigenvalue weighted by atomic mass is 32.2. The minimum atomic E-state index is -0.496. The Hall–Kier alpha value is -3.67. The molecule has 0 saturated heterocycles. The van der Waals surface area contributed by atoms with Crippen molar-refractivity contribution in [2.24, 2.45) is 0 Å². The zero-order valence-corrected chi connectivity index (χ0v) is 91.5. The first kappa shape index (κ1) is 131. The Kier molecular flexibility index (Phi) is 97.7. The zero-order valence-electron chi connectivity index (χ0n) is 87.4. The molecule has 0 spiro atoms. The lowest BCUT2D eigenvalue weighted by molar-refractivity contribution is -0.152. The molecule has 0 aliphatic heterocycles. The molecule has 28 heteroatoms. The molecule has 0 aromatic rings. The number of nitrogens with zero attached hydrogens (tertiary/aromatic N) is 3. The van der Waals surface area contributed by atoms with Gasteiger partial charge in [-0.15, -0.1) is 58.8 Å². The number of hydrogen-bond donors (Lipinski definition) is 0. The number of thioether (sulfide) groups is 5. The van der Waals surface area contributed by atoms with Crippen molar-refractivity contribution in [2.75, 3.05) is 154 Å². The highest BCUT2D eigenvalue weighted by Gasteiger charge is 2.23. The van der Waals surface area contributed by atoms with Crippen LogP contribution in [0.3, 0.4) is 0 Å².